The Balaban J connectivity index is 1.53. The first-order chi connectivity index (χ1) is 13.0. The van der Waals surface area contributed by atoms with Gasteiger partial charge < -0.3 is 10.2 Å². The maximum atomic E-state index is 12.5. The molecule has 1 aliphatic heterocycles. The summed E-state index contributed by atoms with van der Waals surface area (Å²) in [5.41, 5.74) is 3.36. The van der Waals surface area contributed by atoms with Gasteiger partial charge in [0.05, 0.1) is 22.0 Å². The van der Waals surface area contributed by atoms with Crippen LogP contribution >= 0.6 is 11.3 Å². The van der Waals surface area contributed by atoms with Crippen LogP contribution in [0.15, 0.2) is 35.7 Å². The SMILES string of the molecule is CCN1CC(NC(=O)c2ccc(-c3nc(C)nc4ccsc34)cc2)CC1=O. The van der Waals surface area contributed by atoms with E-state index in [0.717, 1.165) is 27.3 Å². The molecule has 1 N–H and O–H groups in total. The number of nitrogens with one attached hydrogen (secondary N) is 1. The van der Waals surface area contributed by atoms with E-state index >= 15 is 0 Å². The van der Waals surface area contributed by atoms with Crippen LogP contribution in [0.1, 0.15) is 29.5 Å². The van der Waals surface area contributed by atoms with Gasteiger partial charge in [-0.05, 0) is 37.4 Å². The van der Waals surface area contributed by atoms with Crippen molar-refractivity contribution < 1.29 is 9.59 Å². The first kappa shape index (κ1) is 17.6. The average Bonchev–Trinajstić information content (AvgIpc) is 3.27. The molecule has 27 heavy (non-hydrogen) atoms. The van der Waals surface area contributed by atoms with Gasteiger partial charge in [0.15, 0.2) is 0 Å². The summed E-state index contributed by atoms with van der Waals surface area (Å²) in [4.78, 5) is 35.1. The van der Waals surface area contributed by atoms with Crippen LogP contribution in [0.25, 0.3) is 21.5 Å². The number of benzene rings is 1. The lowest BCUT2D eigenvalue weighted by molar-refractivity contribution is -0.127. The van der Waals surface area contributed by atoms with E-state index in [4.69, 9.17) is 0 Å². The molecule has 0 spiro atoms. The Morgan fingerprint density at radius 3 is 2.74 bits per heavy atom. The summed E-state index contributed by atoms with van der Waals surface area (Å²) in [5.74, 6) is 0.666. The highest BCUT2D eigenvalue weighted by Crippen LogP contribution is 2.30. The summed E-state index contributed by atoms with van der Waals surface area (Å²) in [6.45, 7) is 5.08. The van der Waals surface area contributed by atoms with Gasteiger partial charge in [-0.25, -0.2) is 9.97 Å². The minimum Gasteiger partial charge on any atom is -0.347 e. The largest absolute Gasteiger partial charge is 0.347 e. The van der Waals surface area contributed by atoms with Crippen LogP contribution in [-0.2, 0) is 4.79 Å². The van der Waals surface area contributed by atoms with Crippen LogP contribution in [0.2, 0.25) is 0 Å². The molecule has 3 heterocycles. The van der Waals surface area contributed by atoms with E-state index in [1.807, 2.05) is 37.4 Å². The second kappa shape index (κ2) is 7.08. The number of thiophene rings is 1. The average molecular weight is 380 g/mol. The number of fused-ring (bicyclic) bond motifs is 1. The molecule has 0 bridgehead atoms. The van der Waals surface area contributed by atoms with E-state index in [9.17, 15) is 9.59 Å². The number of carbonyl (C=O) groups is 2. The van der Waals surface area contributed by atoms with E-state index in [0.29, 0.717) is 25.1 Å². The van der Waals surface area contributed by atoms with E-state index < -0.39 is 0 Å². The Bertz CT molecular complexity index is 1010. The van der Waals surface area contributed by atoms with Crippen LogP contribution in [-0.4, -0.2) is 45.8 Å². The Hall–Kier alpha value is -2.80. The van der Waals surface area contributed by atoms with Crippen LogP contribution in [0, 0.1) is 6.92 Å². The lowest BCUT2D eigenvalue weighted by atomic mass is 10.1. The predicted molar refractivity (Wildman–Crippen MR) is 106 cm³/mol. The molecule has 6 nitrogen and oxygen atoms in total. The zero-order valence-electron chi connectivity index (χ0n) is 15.2. The van der Waals surface area contributed by atoms with E-state index in [1.54, 1.807) is 28.4 Å². The summed E-state index contributed by atoms with van der Waals surface area (Å²) >= 11 is 1.61. The first-order valence-electron chi connectivity index (χ1n) is 8.96. The van der Waals surface area contributed by atoms with Crippen molar-refractivity contribution >= 4 is 33.4 Å². The molecule has 0 aliphatic carbocycles. The molecular weight excluding hydrogens is 360 g/mol. The van der Waals surface area contributed by atoms with Gasteiger partial charge in [-0.15, -0.1) is 11.3 Å². The fourth-order valence-electron chi connectivity index (χ4n) is 3.40. The van der Waals surface area contributed by atoms with Gasteiger partial charge >= 0.3 is 0 Å². The van der Waals surface area contributed by atoms with Crippen molar-refractivity contribution in [3.05, 3.63) is 47.1 Å². The minimum absolute atomic E-state index is 0.0947. The van der Waals surface area contributed by atoms with Crippen molar-refractivity contribution in [2.24, 2.45) is 0 Å². The number of hydrogen-bond donors (Lipinski definition) is 1. The Morgan fingerprint density at radius 1 is 1.26 bits per heavy atom. The van der Waals surface area contributed by atoms with E-state index in [1.165, 1.54) is 0 Å². The molecular formula is C20H20N4O2S. The van der Waals surface area contributed by atoms with Gasteiger partial charge in [0.2, 0.25) is 5.91 Å². The van der Waals surface area contributed by atoms with Gasteiger partial charge in [0.1, 0.15) is 5.82 Å². The highest BCUT2D eigenvalue weighted by molar-refractivity contribution is 7.17. The molecule has 1 aliphatic rings. The third kappa shape index (κ3) is 3.42. The molecule has 7 heteroatoms. The lowest BCUT2D eigenvalue weighted by Gasteiger charge is -2.14. The molecule has 138 valence electrons. The molecule has 1 atom stereocenters. The quantitative estimate of drug-likeness (QED) is 0.755. The van der Waals surface area contributed by atoms with E-state index in [-0.39, 0.29) is 17.9 Å². The fraction of sp³-hybridized carbons (Fsp3) is 0.300. The molecule has 3 aromatic rings. The Kier molecular flexibility index (Phi) is 4.61. The van der Waals surface area contributed by atoms with Crippen LogP contribution in [0.5, 0.6) is 0 Å². The zero-order chi connectivity index (χ0) is 19.0. The zero-order valence-corrected chi connectivity index (χ0v) is 16.0. The third-order valence-electron chi connectivity index (χ3n) is 4.77. The maximum absolute atomic E-state index is 12.5. The normalized spacial score (nSPS) is 16.9. The maximum Gasteiger partial charge on any atom is 0.251 e. The molecule has 0 saturated carbocycles. The minimum atomic E-state index is -0.155. The van der Waals surface area contributed by atoms with Crippen molar-refractivity contribution in [1.29, 1.82) is 0 Å². The molecule has 4 rings (SSSR count). The second-order valence-electron chi connectivity index (χ2n) is 6.64. The molecule has 0 radical (unpaired) electrons. The second-order valence-corrected chi connectivity index (χ2v) is 7.55. The van der Waals surface area contributed by atoms with Gasteiger partial charge in [-0.3, -0.25) is 9.59 Å². The van der Waals surface area contributed by atoms with Crippen molar-refractivity contribution in [1.82, 2.24) is 20.2 Å². The van der Waals surface area contributed by atoms with Crippen molar-refractivity contribution in [3.63, 3.8) is 0 Å². The lowest BCUT2D eigenvalue weighted by Crippen LogP contribution is -2.37. The number of rotatable bonds is 4. The topological polar surface area (TPSA) is 75.2 Å². The highest BCUT2D eigenvalue weighted by atomic mass is 32.1. The van der Waals surface area contributed by atoms with Gasteiger partial charge in [0.25, 0.3) is 5.91 Å². The number of likely N-dealkylation sites (N-methyl/N-ethyl adjacent to an activating group) is 1. The van der Waals surface area contributed by atoms with Crippen LogP contribution in [0.3, 0.4) is 0 Å². The van der Waals surface area contributed by atoms with Gasteiger partial charge in [0, 0.05) is 30.6 Å². The smallest absolute Gasteiger partial charge is 0.251 e. The van der Waals surface area contributed by atoms with Crippen LogP contribution in [0.4, 0.5) is 0 Å². The Morgan fingerprint density at radius 2 is 2.04 bits per heavy atom. The standard InChI is InChI=1S/C20H20N4O2S/c1-3-24-11-15(10-17(24)25)23-20(26)14-6-4-13(5-7-14)18-19-16(8-9-27-19)21-12(2)22-18/h4-9,15H,3,10-11H2,1-2H3,(H,23,26). The molecule has 2 amide bonds. The number of aryl methyl sites for hydroxylation is 1. The number of amides is 2. The van der Waals surface area contributed by atoms with Crippen molar-refractivity contribution in [2.45, 2.75) is 26.3 Å². The fourth-order valence-corrected chi connectivity index (χ4v) is 4.24. The Labute approximate surface area is 161 Å². The summed E-state index contributed by atoms with van der Waals surface area (Å²) in [7, 11) is 0. The number of hydrogen-bond acceptors (Lipinski definition) is 5. The number of carbonyl (C=O) groups excluding carboxylic acids is 2. The monoisotopic (exact) mass is 380 g/mol. The van der Waals surface area contributed by atoms with Gasteiger partial charge in [-0.1, -0.05) is 12.1 Å². The number of aromatic nitrogens is 2. The summed E-state index contributed by atoms with van der Waals surface area (Å²) in [6, 6.07) is 9.29. The molecule has 1 aromatic carbocycles. The number of nitrogens with zero attached hydrogens (tertiary/aromatic N) is 3. The summed E-state index contributed by atoms with van der Waals surface area (Å²) < 4.78 is 1.04. The summed E-state index contributed by atoms with van der Waals surface area (Å²) in [6.07, 6.45) is 0.369. The van der Waals surface area contributed by atoms with Crippen LogP contribution < -0.4 is 5.32 Å². The predicted octanol–water partition coefficient (Wildman–Crippen LogP) is 3.02. The molecule has 1 unspecified atom stereocenters. The van der Waals surface area contributed by atoms with E-state index in [2.05, 4.69) is 15.3 Å². The first-order valence-corrected chi connectivity index (χ1v) is 9.84. The van der Waals surface area contributed by atoms with Crippen molar-refractivity contribution in [3.8, 4) is 11.3 Å². The molecule has 2 aromatic heterocycles. The highest BCUT2D eigenvalue weighted by Gasteiger charge is 2.29. The summed E-state index contributed by atoms with van der Waals surface area (Å²) in [5, 5.41) is 4.97. The third-order valence-corrected chi connectivity index (χ3v) is 5.68. The molecule has 1 fully saturated rings. The number of likely N-dealkylation sites (tertiary alicyclic amines) is 1. The van der Waals surface area contributed by atoms with Gasteiger partial charge in [-0.2, -0.15) is 0 Å². The molecule has 1 saturated heterocycles. The van der Waals surface area contributed by atoms with Crippen molar-refractivity contribution in [2.75, 3.05) is 13.1 Å².